The van der Waals surface area contributed by atoms with Crippen LogP contribution in [0.4, 0.5) is 4.79 Å². The predicted octanol–water partition coefficient (Wildman–Crippen LogP) is 2.59. The molecule has 0 fully saturated rings. The second kappa shape index (κ2) is 6.53. The van der Waals surface area contributed by atoms with Crippen molar-refractivity contribution in [2.45, 2.75) is 45.6 Å². The molecule has 0 aliphatic carbocycles. The number of hydrogen-bond donors (Lipinski definition) is 2. The first kappa shape index (κ1) is 10.8. The molecule has 66 valence electrons. The van der Waals surface area contributed by atoms with Crippen molar-refractivity contribution in [3.63, 3.8) is 0 Å². The first-order valence-corrected chi connectivity index (χ1v) is 4.64. The van der Waals surface area contributed by atoms with Crippen LogP contribution in [0, 0.1) is 0 Å². The smallest absolute Gasteiger partial charge is 0.276 e. The standard InChI is InChI=1S/C8H17NOS/c1-3-5-6-7(4-2)9-8(10)11/h7H,3-6H2,1-2H3,(H2,9,10,11). The molecule has 3 heteroatoms. The lowest BCUT2D eigenvalue weighted by Gasteiger charge is -2.13. The van der Waals surface area contributed by atoms with Crippen molar-refractivity contribution in [2.75, 3.05) is 0 Å². The highest BCUT2D eigenvalue weighted by molar-refractivity contribution is 7.96. The topological polar surface area (TPSA) is 29.1 Å². The lowest BCUT2D eigenvalue weighted by atomic mass is 10.1. The maximum Gasteiger partial charge on any atom is 0.276 e. The third-order valence-corrected chi connectivity index (χ3v) is 1.86. The summed E-state index contributed by atoms with van der Waals surface area (Å²) in [7, 11) is 0. The normalized spacial score (nSPS) is 12.6. The quantitative estimate of drug-likeness (QED) is 0.618. The fourth-order valence-corrected chi connectivity index (χ4v) is 1.19. The van der Waals surface area contributed by atoms with E-state index in [2.05, 4.69) is 31.8 Å². The highest BCUT2D eigenvalue weighted by Gasteiger charge is 2.05. The SMILES string of the molecule is CCCCC(CC)NC(=O)S. The summed E-state index contributed by atoms with van der Waals surface area (Å²) in [6.07, 6.45) is 4.41. The third-order valence-electron chi connectivity index (χ3n) is 1.73. The van der Waals surface area contributed by atoms with E-state index in [-0.39, 0.29) is 5.24 Å². The van der Waals surface area contributed by atoms with Gasteiger partial charge in [-0.2, -0.15) is 0 Å². The van der Waals surface area contributed by atoms with Crippen LogP contribution in [0.15, 0.2) is 0 Å². The summed E-state index contributed by atoms with van der Waals surface area (Å²) in [4.78, 5) is 10.5. The van der Waals surface area contributed by atoms with Gasteiger partial charge in [-0.05, 0) is 12.8 Å². The second-order valence-electron chi connectivity index (χ2n) is 2.70. The molecule has 0 aliphatic rings. The van der Waals surface area contributed by atoms with Gasteiger partial charge in [0.25, 0.3) is 5.24 Å². The van der Waals surface area contributed by atoms with E-state index in [9.17, 15) is 4.79 Å². The fraction of sp³-hybridized carbons (Fsp3) is 0.875. The molecule has 1 atom stereocenters. The minimum Gasteiger partial charge on any atom is -0.344 e. The Morgan fingerprint density at radius 2 is 2.18 bits per heavy atom. The molecule has 0 saturated carbocycles. The zero-order valence-corrected chi connectivity index (χ0v) is 8.16. The number of unbranched alkanes of at least 4 members (excludes halogenated alkanes) is 1. The summed E-state index contributed by atoms with van der Waals surface area (Å²) in [6, 6.07) is 0.319. The van der Waals surface area contributed by atoms with Crippen LogP contribution in [0.3, 0.4) is 0 Å². The first-order chi connectivity index (χ1) is 5.20. The minimum atomic E-state index is -0.215. The lowest BCUT2D eigenvalue weighted by Crippen LogP contribution is -2.30. The van der Waals surface area contributed by atoms with Gasteiger partial charge in [-0.25, -0.2) is 0 Å². The van der Waals surface area contributed by atoms with Gasteiger partial charge < -0.3 is 5.32 Å². The van der Waals surface area contributed by atoms with E-state index >= 15 is 0 Å². The van der Waals surface area contributed by atoms with Gasteiger partial charge in [0.15, 0.2) is 0 Å². The summed E-state index contributed by atoms with van der Waals surface area (Å²) in [6.45, 7) is 4.22. The number of hydrogen-bond acceptors (Lipinski definition) is 1. The maximum atomic E-state index is 10.5. The molecule has 1 N–H and O–H groups in total. The summed E-state index contributed by atoms with van der Waals surface area (Å²) < 4.78 is 0. The van der Waals surface area contributed by atoms with E-state index in [4.69, 9.17) is 0 Å². The zero-order chi connectivity index (χ0) is 8.69. The molecule has 0 aromatic heterocycles. The van der Waals surface area contributed by atoms with E-state index in [0.29, 0.717) is 6.04 Å². The minimum absolute atomic E-state index is 0.215. The van der Waals surface area contributed by atoms with Crippen molar-refractivity contribution in [1.29, 1.82) is 0 Å². The Balaban J connectivity index is 3.49. The van der Waals surface area contributed by atoms with E-state index in [1.54, 1.807) is 0 Å². The van der Waals surface area contributed by atoms with Gasteiger partial charge >= 0.3 is 0 Å². The molecule has 0 aromatic rings. The molecule has 0 spiro atoms. The molecule has 2 nitrogen and oxygen atoms in total. The molecule has 0 heterocycles. The highest BCUT2D eigenvalue weighted by atomic mass is 32.1. The summed E-state index contributed by atoms with van der Waals surface area (Å²) in [5, 5.41) is 2.57. The maximum absolute atomic E-state index is 10.5. The fourth-order valence-electron chi connectivity index (χ4n) is 1.00. The van der Waals surface area contributed by atoms with Crippen LogP contribution in [-0.2, 0) is 0 Å². The molecule has 0 radical (unpaired) electrons. The lowest BCUT2D eigenvalue weighted by molar-refractivity contribution is 0.256. The van der Waals surface area contributed by atoms with Gasteiger partial charge in [-0.1, -0.05) is 39.3 Å². The number of carbonyl (C=O) groups is 1. The Morgan fingerprint density at radius 3 is 2.55 bits per heavy atom. The van der Waals surface area contributed by atoms with Gasteiger partial charge in [0.05, 0.1) is 0 Å². The second-order valence-corrected chi connectivity index (χ2v) is 3.10. The van der Waals surface area contributed by atoms with Crippen molar-refractivity contribution < 1.29 is 4.79 Å². The Kier molecular flexibility index (Phi) is 6.42. The molecular formula is C8H17NOS. The van der Waals surface area contributed by atoms with E-state index in [0.717, 1.165) is 12.8 Å². The van der Waals surface area contributed by atoms with E-state index in [1.807, 2.05) is 0 Å². The van der Waals surface area contributed by atoms with Gasteiger partial charge in [-0.15, -0.1) is 0 Å². The van der Waals surface area contributed by atoms with Crippen LogP contribution in [0.1, 0.15) is 39.5 Å². The van der Waals surface area contributed by atoms with E-state index in [1.165, 1.54) is 12.8 Å². The Morgan fingerprint density at radius 1 is 1.55 bits per heavy atom. The summed E-state index contributed by atoms with van der Waals surface area (Å²) in [5.74, 6) is 0. The molecule has 0 saturated heterocycles. The van der Waals surface area contributed by atoms with Crippen molar-refractivity contribution in [3.05, 3.63) is 0 Å². The zero-order valence-electron chi connectivity index (χ0n) is 7.26. The van der Waals surface area contributed by atoms with Gasteiger partial charge in [0.1, 0.15) is 0 Å². The van der Waals surface area contributed by atoms with Crippen LogP contribution >= 0.6 is 12.6 Å². The van der Waals surface area contributed by atoms with Crippen molar-refractivity contribution >= 4 is 17.9 Å². The van der Waals surface area contributed by atoms with Crippen molar-refractivity contribution in [2.24, 2.45) is 0 Å². The molecule has 0 aliphatic heterocycles. The Bertz CT molecular complexity index is 117. The Hall–Kier alpha value is -0.180. The number of thiol groups is 1. The van der Waals surface area contributed by atoms with Crippen molar-refractivity contribution in [3.8, 4) is 0 Å². The summed E-state index contributed by atoms with van der Waals surface area (Å²) in [5.41, 5.74) is 0. The number of amides is 1. The molecular weight excluding hydrogens is 158 g/mol. The molecule has 1 unspecified atom stereocenters. The van der Waals surface area contributed by atoms with Gasteiger partial charge in [0.2, 0.25) is 0 Å². The average Bonchev–Trinajstić information content (AvgIpc) is 1.97. The molecule has 0 aromatic carbocycles. The first-order valence-electron chi connectivity index (χ1n) is 4.20. The monoisotopic (exact) mass is 175 g/mol. The molecule has 1 amide bonds. The van der Waals surface area contributed by atoms with Gasteiger partial charge in [0, 0.05) is 6.04 Å². The number of carbonyl (C=O) groups excluding carboxylic acids is 1. The number of rotatable bonds is 5. The molecule has 0 rings (SSSR count). The van der Waals surface area contributed by atoms with E-state index < -0.39 is 0 Å². The third kappa shape index (κ3) is 6.23. The van der Waals surface area contributed by atoms with Crippen molar-refractivity contribution in [1.82, 2.24) is 5.32 Å². The van der Waals surface area contributed by atoms with Gasteiger partial charge in [-0.3, -0.25) is 4.79 Å². The Labute approximate surface area is 74.2 Å². The number of nitrogens with one attached hydrogen (secondary N) is 1. The van der Waals surface area contributed by atoms with Crippen LogP contribution in [0.5, 0.6) is 0 Å². The summed E-state index contributed by atoms with van der Waals surface area (Å²) >= 11 is 3.66. The van der Waals surface area contributed by atoms with Crippen LogP contribution in [0.25, 0.3) is 0 Å². The van der Waals surface area contributed by atoms with Crippen LogP contribution in [-0.4, -0.2) is 11.3 Å². The largest absolute Gasteiger partial charge is 0.344 e. The highest BCUT2D eigenvalue weighted by Crippen LogP contribution is 2.04. The van der Waals surface area contributed by atoms with Crippen LogP contribution < -0.4 is 5.32 Å². The average molecular weight is 175 g/mol. The molecule has 0 bridgehead atoms. The predicted molar refractivity (Wildman–Crippen MR) is 51.1 cm³/mol. The van der Waals surface area contributed by atoms with Crippen LogP contribution in [0.2, 0.25) is 0 Å². The molecule has 11 heavy (non-hydrogen) atoms.